The Hall–Kier alpha value is -1.98. The van der Waals surface area contributed by atoms with Crippen molar-refractivity contribution in [2.75, 3.05) is 5.32 Å². The van der Waals surface area contributed by atoms with Crippen LogP contribution in [0.2, 0.25) is 0 Å². The summed E-state index contributed by atoms with van der Waals surface area (Å²) in [6.07, 6.45) is 0.311. The van der Waals surface area contributed by atoms with E-state index in [1.807, 2.05) is 13.8 Å². The fourth-order valence-electron chi connectivity index (χ4n) is 1.31. The Balaban J connectivity index is 2.82. The Morgan fingerprint density at radius 2 is 2.18 bits per heavy atom. The number of nitro groups is 1. The molecule has 0 saturated carbocycles. The van der Waals surface area contributed by atoms with Gasteiger partial charge < -0.3 is 5.32 Å². The van der Waals surface area contributed by atoms with Gasteiger partial charge in [0.15, 0.2) is 0 Å². The Morgan fingerprint density at radius 3 is 2.71 bits per heavy atom. The number of amides is 1. The van der Waals surface area contributed by atoms with Gasteiger partial charge in [0.1, 0.15) is 0 Å². The van der Waals surface area contributed by atoms with Crippen molar-refractivity contribution in [2.45, 2.75) is 20.3 Å². The molecule has 1 N–H and O–H groups in total. The summed E-state index contributed by atoms with van der Waals surface area (Å²) in [5, 5.41) is 13.0. The van der Waals surface area contributed by atoms with Crippen molar-refractivity contribution in [3.63, 3.8) is 0 Å². The molecule has 1 aromatic carbocycles. The molecular weight excluding hydrogens is 227 g/mol. The van der Waals surface area contributed by atoms with Crippen LogP contribution in [-0.4, -0.2) is 10.8 Å². The van der Waals surface area contributed by atoms with Crippen LogP contribution in [0.3, 0.4) is 0 Å². The highest BCUT2D eigenvalue weighted by Crippen LogP contribution is 2.21. The molecule has 0 fully saturated rings. The molecule has 1 aromatic rings. The molecule has 0 unspecified atom stereocenters. The van der Waals surface area contributed by atoms with Crippen LogP contribution in [0.4, 0.5) is 15.8 Å². The summed E-state index contributed by atoms with van der Waals surface area (Å²) in [4.78, 5) is 21.1. The predicted octanol–water partition coefficient (Wildman–Crippen LogP) is 2.72. The number of benzene rings is 1. The summed E-state index contributed by atoms with van der Waals surface area (Å²) in [7, 11) is 0. The zero-order chi connectivity index (χ0) is 13.0. The number of carbonyl (C=O) groups excluding carboxylic acids is 1. The van der Waals surface area contributed by atoms with Crippen LogP contribution in [0.1, 0.15) is 20.3 Å². The van der Waals surface area contributed by atoms with Gasteiger partial charge in [0.05, 0.1) is 4.92 Å². The number of anilines is 1. The number of nitro benzene ring substituents is 1. The zero-order valence-electron chi connectivity index (χ0n) is 9.57. The van der Waals surface area contributed by atoms with E-state index >= 15 is 0 Å². The summed E-state index contributed by atoms with van der Waals surface area (Å²) in [6.45, 7) is 3.76. The molecule has 0 atom stereocenters. The van der Waals surface area contributed by atoms with Gasteiger partial charge >= 0.3 is 5.69 Å². The van der Waals surface area contributed by atoms with Crippen molar-refractivity contribution in [1.82, 2.24) is 0 Å². The van der Waals surface area contributed by atoms with Crippen LogP contribution in [-0.2, 0) is 4.79 Å². The van der Waals surface area contributed by atoms with E-state index in [-0.39, 0.29) is 17.5 Å². The van der Waals surface area contributed by atoms with E-state index in [0.717, 1.165) is 12.1 Å². The van der Waals surface area contributed by atoms with E-state index in [1.165, 1.54) is 6.07 Å². The first kappa shape index (κ1) is 13.1. The van der Waals surface area contributed by atoms with Gasteiger partial charge in [-0.25, -0.2) is 0 Å². The molecule has 1 amide bonds. The van der Waals surface area contributed by atoms with Crippen LogP contribution in [0.5, 0.6) is 0 Å². The third-order valence-corrected chi connectivity index (χ3v) is 2.02. The van der Waals surface area contributed by atoms with Gasteiger partial charge in [0.25, 0.3) is 0 Å². The molecule has 0 aliphatic heterocycles. The van der Waals surface area contributed by atoms with Crippen molar-refractivity contribution in [2.24, 2.45) is 5.92 Å². The van der Waals surface area contributed by atoms with E-state index in [2.05, 4.69) is 5.32 Å². The highest BCUT2D eigenvalue weighted by Gasteiger charge is 2.15. The topological polar surface area (TPSA) is 72.2 Å². The highest BCUT2D eigenvalue weighted by molar-refractivity contribution is 5.91. The molecule has 0 heterocycles. The van der Waals surface area contributed by atoms with Crippen molar-refractivity contribution >= 4 is 17.3 Å². The maximum atomic E-state index is 13.0. The van der Waals surface area contributed by atoms with Crippen molar-refractivity contribution in [1.29, 1.82) is 0 Å². The minimum atomic E-state index is -0.920. The van der Waals surface area contributed by atoms with Crippen LogP contribution in [0.25, 0.3) is 0 Å². The fourth-order valence-corrected chi connectivity index (χ4v) is 1.31. The van der Waals surface area contributed by atoms with Gasteiger partial charge in [-0.15, -0.1) is 0 Å². The van der Waals surface area contributed by atoms with Crippen molar-refractivity contribution < 1.29 is 14.1 Å². The lowest BCUT2D eigenvalue weighted by Crippen LogP contribution is -2.14. The Morgan fingerprint density at radius 1 is 1.53 bits per heavy atom. The molecule has 17 heavy (non-hydrogen) atoms. The molecule has 0 bridgehead atoms. The van der Waals surface area contributed by atoms with Crippen LogP contribution >= 0.6 is 0 Å². The van der Waals surface area contributed by atoms with Crippen molar-refractivity contribution in [3.8, 4) is 0 Å². The third kappa shape index (κ3) is 3.82. The maximum Gasteiger partial charge on any atom is 0.306 e. The second-order valence-electron chi connectivity index (χ2n) is 4.07. The van der Waals surface area contributed by atoms with Crippen LogP contribution in [0, 0.1) is 21.8 Å². The van der Waals surface area contributed by atoms with Gasteiger partial charge in [-0.1, -0.05) is 13.8 Å². The zero-order valence-corrected chi connectivity index (χ0v) is 9.57. The van der Waals surface area contributed by atoms with Crippen LogP contribution in [0.15, 0.2) is 18.2 Å². The molecule has 0 aliphatic carbocycles. The minimum Gasteiger partial charge on any atom is -0.326 e. The monoisotopic (exact) mass is 240 g/mol. The molecule has 0 aliphatic rings. The lowest BCUT2D eigenvalue weighted by molar-refractivity contribution is -0.387. The second kappa shape index (κ2) is 5.38. The lowest BCUT2D eigenvalue weighted by atomic mass is 10.1. The number of hydrogen-bond acceptors (Lipinski definition) is 3. The molecule has 0 radical (unpaired) electrons. The smallest absolute Gasteiger partial charge is 0.306 e. The summed E-state index contributed by atoms with van der Waals surface area (Å²) >= 11 is 0. The summed E-state index contributed by atoms with van der Waals surface area (Å²) in [5.74, 6) is -0.983. The first-order chi connectivity index (χ1) is 7.90. The number of hydrogen-bond donors (Lipinski definition) is 1. The molecule has 1 rings (SSSR count). The third-order valence-electron chi connectivity index (χ3n) is 2.02. The molecule has 0 spiro atoms. The summed E-state index contributed by atoms with van der Waals surface area (Å²) in [5.41, 5.74) is -0.420. The summed E-state index contributed by atoms with van der Waals surface area (Å²) < 4.78 is 13.0. The molecule has 0 saturated heterocycles. The van der Waals surface area contributed by atoms with Crippen LogP contribution < -0.4 is 5.32 Å². The number of carbonyl (C=O) groups is 1. The summed E-state index contributed by atoms with van der Waals surface area (Å²) in [6, 6.07) is 3.26. The van der Waals surface area contributed by atoms with Gasteiger partial charge in [-0.3, -0.25) is 14.9 Å². The average molecular weight is 240 g/mol. The van der Waals surface area contributed by atoms with E-state index in [1.54, 1.807) is 0 Å². The Bertz CT molecular complexity index is 446. The standard InChI is InChI=1S/C11H13FN2O3/c1-7(2)5-11(15)13-8-3-4-9(12)10(6-8)14(16)17/h3-4,6-7H,5H2,1-2H3,(H,13,15). The number of nitrogens with zero attached hydrogens (tertiary/aromatic N) is 1. The average Bonchev–Trinajstić information content (AvgIpc) is 2.19. The number of halogens is 1. The number of nitrogens with one attached hydrogen (secondary N) is 1. The first-order valence-electron chi connectivity index (χ1n) is 5.14. The molecule has 6 heteroatoms. The minimum absolute atomic E-state index is 0.186. The second-order valence-corrected chi connectivity index (χ2v) is 4.07. The van der Waals surface area contributed by atoms with E-state index in [9.17, 15) is 19.3 Å². The van der Waals surface area contributed by atoms with Gasteiger partial charge in [-0.05, 0) is 18.1 Å². The Kier molecular flexibility index (Phi) is 4.14. The molecular formula is C11H13FN2O3. The molecule has 92 valence electrons. The van der Waals surface area contributed by atoms with Crippen molar-refractivity contribution in [3.05, 3.63) is 34.1 Å². The highest BCUT2D eigenvalue weighted by atomic mass is 19.1. The van der Waals surface area contributed by atoms with Gasteiger partial charge in [0, 0.05) is 18.2 Å². The van der Waals surface area contributed by atoms with Gasteiger partial charge in [0.2, 0.25) is 11.7 Å². The lowest BCUT2D eigenvalue weighted by Gasteiger charge is -2.07. The predicted molar refractivity (Wildman–Crippen MR) is 61.1 cm³/mol. The largest absolute Gasteiger partial charge is 0.326 e. The van der Waals surface area contributed by atoms with E-state index < -0.39 is 16.4 Å². The first-order valence-corrected chi connectivity index (χ1v) is 5.14. The molecule has 5 nitrogen and oxygen atoms in total. The fraction of sp³-hybridized carbons (Fsp3) is 0.364. The quantitative estimate of drug-likeness (QED) is 0.649. The number of rotatable bonds is 4. The molecule has 0 aromatic heterocycles. The van der Waals surface area contributed by atoms with Gasteiger partial charge in [-0.2, -0.15) is 4.39 Å². The normalized spacial score (nSPS) is 10.4. The van der Waals surface area contributed by atoms with E-state index in [4.69, 9.17) is 0 Å². The van der Waals surface area contributed by atoms with E-state index in [0.29, 0.717) is 6.42 Å². The Labute approximate surface area is 97.8 Å². The SMILES string of the molecule is CC(C)CC(=O)Nc1ccc(F)c([N+](=O)[O-])c1. The maximum absolute atomic E-state index is 13.0.